The van der Waals surface area contributed by atoms with Crippen molar-refractivity contribution in [3.63, 3.8) is 0 Å². The summed E-state index contributed by atoms with van der Waals surface area (Å²) < 4.78 is 5.01. The van der Waals surface area contributed by atoms with Crippen molar-refractivity contribution in [3.05, 3.63) is 0 Å². The minimum absolute atomic E-state index is 0.329. The van der Waals surface area contributed by atoms with Crippen molar-refractivity contribution in [2.75, 3.05) is 13.7 Å². The van der Waals surface area contributed by atoms with E-state index in [1.807, 2.05) is 0 Å². The van der Waals surface area contributed by atoms with Gasteiger partial charge in [0, 0.05) is 19.8 Å². The zero-order valence-electron chi connectivity index (χ0n) is 9.83. The van der Waals surface area contributed by atoms with E-state index in [1.165, 1.54) is 25.7 Å². The van der Waals surface area contributed by atoms with Gasteiger partial charge in [0.1, 0.15) is 0 Å². The van der Waals surface area contributed by atoms with E-state index in [0.717, 1.165) is 13.0 Å². The molecule has 1 fully saturated rings. The Morgan fingerprint density at radius 2 is 2.20 bits per heavy atom. The van der Waals surface area contributed by atoms with Crippen LogP contribution in [-0.4, -0.2) is 31.8 Å². The average molecular weight is 213 g/mol. The Labute approximate surface area is 92.3 Å². The normalized spacial score (nSPS) is 20.5. The highest BCUT2D eigenvalue weighted by molar-refractivity contribution is 5.78. The van der Waals surface area contributed by atoms with Crippen LogP contribution >= 0.6 is 0 Å². The number of guanidine groups is 1. The lowest BCUT2D eigenvalue weighted by Gasteiger charge is -2.14. The quantitative estimate of drug-likeness (QED) is 0.534. The number of hydrogen-bond donors (Lipinski definition) is 2. The van der Waals surface area contributed by atoms with E-state index in [1.54, 1.807) is 7.11 Å². The van der Waals surface area contributed by atoms with E-state index < -0.39 is 0 Å². The molecular weight excluding hydrogens is 190 g/mol. The third-order valence-electron chi connectivity index (χ3n) is 2.80. The number of hydrogen-bond acceptors (Lipinski definition) is 2. The van der Waals surface area contributed by atoms with Gasteiger partial charge >= 0.3 is 0 Å². The van der Waals surface area contributed by atoms with Gasteiger partial charge in [-0.3, -0.25) is 4.99 Å². The Hall–Kier alpha value is -0.770. The minimum atomic E-state index is 0.329. The molecule has 3 N–H and O–H groups in total. The van der Waals surface area contributed by atoms with Gasteiger partial charge in [-0.2, -0.15) is 0 Å². The molecule has 0 spiro atoms. The molecule has 1 atom stereocenters. The van der Waals surface area contributed by atoms with Crippen LogP contribution in [0.1, 0.15) is 39.0 Å². The number of nitrogens with two attached hydrogens (primary N) is 1. The van der Waals surface area contributed by atoms with E-state index in [0.29, 0.717) is 18.0 Å². The molecule has 1 rings (SSSR count). The van der Waals surface area contributed by atoms with Crippen molar-refractivity contribution < 1.29 is 4.74 Å². The van der Waals surface area contributed by atoms with Gasteiger partial charge in [-0.05, 0) is 26.2 Å². The summed E-state index contributed by atoms with van der Waals surface area (Å²) in [6.07, 6.45) is 5.92. The fourth-order valence-electron chi connectivity index (χ4n) is 1.89. The molecule has 0 radical (unpaired) electrons. The maximum atomic E-state index is 5.82. The number of nitrogens with one attached hydrogen (secondary N) is 1. The number of ether oxygens (including phenoxy) is 1. The van der Waals surface area contributed by atoms with Gasteiger partial charge in [-0.15, -0.1) is 0 Å². The highest BCUT2D eigenvalue weighted by Crippen LogP contribution is 2.20. The summed E-state index contributed by atoms with van der Waals surface area (Å²) in [6, 6.07) is 0.780. The summed E-state index contributed by atoms with van der Waals surface area (Å²) >= 11 is 0. The fourth-order valence-corrected chi connectivity index (χ4v) is 1.89. The lowest BCUT2D eigenvalue weighted by atomic mass is 10.2. The molecule has 0 saturated heterocycles. The van der Waals surface area contributed by atoms with Crippen molar-refractivity contribution in [2.45, 2.75) is 51.1 Å². The molecular formula is C11H23N3O. The average Bonchev–Trinajstić information content (AvgIpc) is 2.67. The summed E-state index contributed by atoms with van der Waals surface area (Å²) in [5.74, 6) is 0.588. The Morgan fingerprint density at radius 3 is 2.80 bits per heavy atom. The summed E-state index contributed by atoms with van der Waals surface area (Å²) in [6.45, 7) is 2.85. The smallest absolute Gasteiger partial charge is 0.189 e. The molecule has 0 aromatic rings. The first-order chi connectivity index (χ1) is 7.22. The van der Waals surface area contributed by atoms with Crippen LogP contribution in [0.5, 0.6) is 0 Å². The van der Waals surface area contributed by atoms with E-state index in [-0.39, 0.29) is 0 Å². The highest BCUT2D eigenvalue weighted by atomic mass is 16.5. The van der Waals surface area contributed by atoms with E-state index in [2.05, 4.69) is 17.2 Å². The Morgan fingerprint density at radius 1 is 1.53 bits per heavy atom. The predicted molar refractivity (Wildman–Crippen MR) is 63.0 cm³/mol. The maximum Gasteiger partial charge on any atom is 0.189 e. The molecule has 0 amide bonds. The molecule has 0 aromatic carbocycles. The molecule has 88 valence electrons. The van der Waals surface area contributed by atoms with Gasteiger partial charge in [0.2, 0.25) is 0 Å². The van der Waals surface area contributed by atoms with Gasteiger partial charge in [0.15, 0.2) is 5.96 Å². The first kappa shape index (κ1) is 12.3. The van der Waals surface area contributed by atoms with Crippen molar-refractivity contribution in [1.29, 1.82) is 0 Å². The lowest BCUT2D eigenvalue weighted by molar-refractivity contribution is 0.187. The van der Waals surface area contributed by atoms with Crippen molar-refractivity contribution in [2.24, 2.45) is 10.7 Å². The molecule has 0 bridgehead atoms. The van der Waals surface area contributed by atoms with Crippen LogP contribution in [0.15, 0.2) is 4.99 Å². The maximum absolute atomic E-state index is 5.82. The third-order valence-corrected chi connectivity index (χ3v) is 2.80. The van der Waals surface area contributed by atoms with Crippen LogP contribution in [0.3, 0.4) is 0 Å². The van der Waals surface area contributed by atoms with Crippen LogP contribution < -0.4 is 11.1 Å². The second kappa shape index (κ2) is 6.67. The van der Waals surface area contributed by atoms with Crippen LogP contribution in [0.4, 0.5) is 0 Å². The Bertz CT molecular complexity index is 200. The van der Waals surface area contributed by atoms with E-state index in [4.69, 9.17) is 10.5 Å². The minimum Gasteiger partial charge on any atom is -0.385 e. The van der Waals surface area contributed by atoms with Gasteiger partial charge in [0.25, 0.3) is 0 Å². The van der Waals surface area contributed by atoms with Gasteiger partial charge in [-0.25, -0.2) is 0 Å². The summed E-state index contributed by atoms with van der Waals surface area (Å²) in [5.41, 5.74) is 5.82. The highest BCUT2D eigenvalue weighted by Gasteiger charge is 2.14. The summed E-state index contributed by atoms with van der Waals surface area (Å²) in [4.78, 5) is 4.47. The van der Waals surface area contributed by atoms with Crippen LogP contribution in [0.25, 0.3) is 0 Å². The Balaban J connectivity index is 2.23. The van der Waals surface area contributed by atoms with Gasteiger partial charge in [-0.1, -0.05) is 12.8 Å². The molecule has 15 heavy (non-hydrogen) atoms. The van der Waals surface area contributed by atoms with E-state index >= 15 is 0 Å². The largest absolute Gasteiger partial charge is 0.385 e. The number of methoxy groups -OCH3 is 1. The lowest BCUT2D eigenvalue weighted by Crippen LogP contribution is -2.39. The topological polar surface area (TPSA) is 59.6 Å². The zero-order chi connectivity index (χ0) is 11.1. The van der Waals surface area contributed by atoms with Crippen LogP contribution in [-0.2, 0) is 4.74 Å². The van der Waals surface area contributed by atoms with Crippen molar-refractivity contribution in [1.82, 2.24) is 5.32 Å². The molecule has 0 aromatic heterocycles. The monoisotopic (exact) mass is 213 g/mol. The van der Waals surface area contributed by atoms with Crippen LogP contribution in [0.2, 0.25) is 0 Å². The molecule has 1 aliphatic carbocycles. The standard InChI is InChI=1S/C11H23N3O/c1-9(7-8-15-2)13-11(12)14-10-5-3-4-6-10/h9-10H,3-8H2,1-2H3,(H3,12,13,14). The number of aliphatic imine (C=N–C) groups is 1. The number of nitrogens with zero attached hydrogens (tertiary/aromatic N) is 1. The molecule has 1 aliphatic rings. The third kappa shape index (κ3) is 5.02. The fraction of sp³-hybridized carbons (Fsp3) is 0.909. The first-order valence-electron chi connectivity index (χ1n) is 5.81. The predicted octanol–water partition coefficient (Wildman–Crippen LogP) is 1.26. The molecule has 0 heterocycles. The van der Waals surface area contributed by atoms with Crippen molar-refractivity contribution >= 4 is 5.96 Å². The Kier molecular flexibility index (Phi) is 5.47. The molecule has 1 unspecified atom stereocenters. The van der Waals surface area contributed by atoms with E-state index in [9.17, 15) is 0 Å². The second-order valence-corrected chi connectivity index (χ2v) is 4.28. The SMILES string of the molecule is COCCC(C)NC(N)=NC1CCCC1. The summed E-state index contributed by atoms with van der Waals surface area (Å²) in [5, 5.41) is 3.19. The molecule has 1 saturated carbocycles. The van der Waals surface area contributed by atoms with Gasteiger partial charge < -0.3 is 15.8 Å². The zero-order valence-corrected chi connectivity index (χ0v) is 9.83. The van der Waals surface area contributed by atoms with Crippen molar-refractivity contribution in [3.8, 4) is 0 Å². The van der Waals surface area contributed by atoms with Crippen LogP contribution in [0, 0.1) is 0 Å². The second-order valence-electron chi connectivity index (χ2n) is 4.28. The molecule has 4 heteroatoms. The first-order valence-corrected chi connectivity index (χ1v) is 5.81. The number of rotatable bonds is 5. The molecule has 4 nitrogen and oxygen atoms in total. The summed E-state index contributed by atoms with van der Waals surface area (Å²) in [7, 11) is 1.71. The van der Waals surface area contributed by atoms with Gasteiger partial charge in [0.05, 0.1) is 6.04 Å². The molecule has 0 aliphatic heterocycles.